The van der Waals surface area contributed by atoms with Gasteiger partial charge in [0.25, 0.3) is 0 Å². The first-order valence-corrected chi connectivity index (χ1v) is 6.56. The van der Waals surface area contributed by atoms with Gasteiger partial charge < -0.3 is 5.32 Å². The molecule has 0 saturated heterocycles. The molecule has 0 spiro atoms. The number of rotatable bonds is 0. The summed E-state index contributed by atoms with van der Waals surface area (Å²) in [5, 5.41) is 3.09. The molecule has 1 aliphatic carbocycles. The average Bonchev–Trinajstić information content (AvgIpc) is 2.50. The first-order valence-electron chi connectivity index (χ1n) is 6.56. The SMILES string of the molecule is [B]C1(C)C=CC=C2/C=C\c3ccccc3CNC2=C1. The number of nitrogens with one attached hydrogen (secondary N) is 1. The van der Waals surface area contributed by atoms with Crippen LogP contribution in [0.4, 0.5) is 0 Å². The molecule has 1 N–H and O–H groups in total. The Balaban J connectivity index is 2.05. The van der Waals surface area contributed by atoms with Gasteiger partial charge in [-0.3, -0.25) is 0 Å². The largest absolute Gasteiger partial charge is 0.381 e. The number of allylic oxidation sites excluding steroid dienone is 5. The zero-order valence-corrected chi connectivity index (χ0v) is 11.1. The van der Waals surface area contributed by atoms with Crippen LogP contribution in [0.3, 0.4) is 0 Å². The molecule has 1 unspecified atom stereocenters. The summed E-state index contributed by atoms with van der Waals surface area (Å²) in [6.07, 6.45) is 12.5. The lowest BCUT2D eigenvalue weighted by molar-refractivity contribution is 0.803. The third-order valence-electron chi connectivity index (χ3n) is 3.46. The quantitative estimate of drug-likeness (QED) is 0.689. The van der Waals surface area contributed by atoms with Crippen LogP contribution in [0.15, 0.2) is 65.9 Å². The van der Waals surface area contributed by atoms with Crippen LogP contribution in [0.2, 0.25) is 5.31 Å². The third-order valence-corrected chi connectivity index (χ3v) is 3.46. The van der Waals surface area contributed by atoms with Crippen molar-refractivity contribution in [3.8, 4) is 0 Å². The fraction of sp³-hybridized carbons (Fsp3) is 0.176. The van der Waals surface area contributed by atoms with E-state index in [1.54, 1.807) is 0 Å². The molecule has 92 valence electrons. The van der Waals surface area contributed by atoms with Crippen LogP contribution in [0.25, 0.3) is 6.08 Å². The molecular weight excluding hydrogens is 229 g/mol. The van der Waals surface area contributed by atoms with E-state index >= 15 is 0 Å². The molecule has 0 bridgehead atoms. The number of hydrogen-bond acceptors (Lipinski definition) is 1. The molecule has 19 heavy (non-hydrogen) atoms. The summed E-state index contributed by atoms with van der Waals surface area (Å²) in [5.74, 6) is 0. The van der Waals surface area contributed by atoms with E-state index in [2.05, 4.69) is 53.9 Å². The first-order chi connectivity index (χ1) is 9.14. The van der Waals surface area contributed by atoms with Crippen LogP contribution in [-0.4, -0.2) is 7.85 Å². The molecule has 1 atom stereocenters. The minimum absolute atomic E-state index is 0.410. The lowest BCUT2D eigenvalue weighted by Crippen LogP contribution is -2.17. The van der Waals surface area contributed by atoms with Gasteiger partial charge in [0.15, 0.2) is 0 Å². The van der Waals surface area contributed by atoms with E-state index in [4.69, 9.17) is 7.85 Å². The summed E-state index contributed by atoms with van der Waals surface area (Å²) in [7, 11) is 6.21. The highest BCUT2D eigenvalue weighted by molar-refractivity contribution is 6.18. The van der Waals surface area contributed by atoms with Crippen LogP contribution in [-0.2, 0) is 6.54 Å². The fourth-order valence-corrected chi connectivity index (χ4v) is 2.42. The van der Waals surface area contributed by atoms with Gasteiger partial charge in [0, 0.05) is 12.2 Å². The zero-order valence-electron chi connectivity index (χ0n) is 11.1. The average molecular weight is 245 g/mol. The summed E-state index contributed by atoms with van der Waals surface area (Å²) in [4.78, 5) is 0. The lowest BCUT2D eigenvalue weighted by atomic mass is 9.70. The number of hydrogen-bond donors (Lipinski definition) is 1. The van der Waals surface area contributed by atoms with Crippen molar-refractivity contribution < 1.29 is 0 Å². The molecule has 2 radical (unpaired) electrons. The topological polar surface area (TPSA) is 12.0 Å². The molecule has 1 heterocycles. The van der Waals surface area contributed by atoms with Gasteiger partial charge in [0.1, 0.15) is 0 Å². The first kappa shape index (κ1) is 12.1. The molecule has 0 fully saturated rings. The molecule has 1 aromatic carbocycles. The maximum Gasteiger partial charge on any atom is 0.0855 e. The van der Waals surface area contributed by atoms with Crippen molar-refractivity contribution in [3.63, 3.8) is 0 Å². The Hall–Kier alpha value is -1.96. The zero-order chi connectivity index (χ0) is 13.3. The third kappa shape index (κ3) is 2.58. The standard InChI is InChI=1S/C17H16BN/c1-17(18)10-4-7-14-9-8-13-5-2-3-6-15(13)12-19-16(14)11-17/h2-11,19H,12H2,1H3/b9-8-. The Morgan fingerprint density at radius 3 is 2.95 bits per heavy atom. The predicted octanol–water partition coefficient (Wildman–Crippen LogP) is 3.53. The summed E-state index contributed by atoms with van der Waals surface area (Å²) in [6, 6.07) is 8.43. The van der Waals surface area contributed by atoms with Gasteiger partial charge in [0.2, 0.25) is 0 Å². The van der Waals surface area contributed by atoms with Crippen LogP contribution < -0.4 is 5.32 Å². The molecule has 2 aliphatic rings. The normalized spacial score (nSPS) is 26.6. The van der Waals surface area contributed by atoms with E-state index < -0.39 is 5.31 Å². The van der Waals surface area contributed by atoms with Crippen molar-refractivity contribution in [1.29, 1.82) is 0 Å². The molecule has 0 saturated carbocycles. The van der Waals surface area contributed by atoms with Gasteiger partial charge in [-0.1, -0.05) is 67.6 Å². The van der Waals surface area contributed by atoms with E-state index in [1.165, 1.54) is 16.7 Å². The van der Waals surface area contributed by atoms with Gasteiger partial charge in [0.05, 0.1) is 7.85 Å². The van der Waals surface area contributed by atoms with E-state index in [0.717, 1.165) is 12.2 Å². The van der Waals surface area contributed by atoms with E-state index in [-0.39, 0.29) is 0 Å². The molecule has 0 aromatic heterocycles. The van der Waals surface area contributed by atoms with Crippen molar-refractivity contribution in [2.24, 2.45) is 0 Å². The van der Waals surface area contributed by atoms with Crippen LogP contribution >= 0.6 is 0 Å². The molecule has 1 aliphatic heterocycles. The summed E-state index contributed by atoms with van der Waals surface area (Å²) in [5.41, 5.74) is 4.83. The fourth-order valence-electron chi connectivity index (χ4n) is 2.42. The molecule has 2 heteroatoms. The lowest BCUT2D eigenvalue weighted by Gasteiger charge is -2.20. The van der Waals surface area contributed by atoms with Gasteiger partial charge in [-0.2, -0.15) is 0 Å². The van der Waals surface area contributed by atoms with Crippen molar-refractivity contribution in [1.82, 2.24) is 5.32 Å². The second-order valence-corrected chi connectivity index (χ2v) is 5.29. The number of benzene rings is 1. The van der Waals surface area contributed by atoms with Gasteiger partial charge in [-0.05, 0) is 22.0 Å². The Morgan fingerprint density at radius 2 is 2.05 bits per heavy atom. The molecule has 3 rings (SSSR count). The second-order valence-electron chi connectivity index (χ2n) is 5.29. The van der Waals surface area contributed by atoms with E-state index in [0.29, 0.717) is 0 Å². The van der Waals surface area contributed by atoms with Crippen LogP contribution in [0.1, 0.15) is 18.1 Å². The molecule has 1 aromatic rings. The Bertz CT molecular complexity index is 618. The van der Waals surface area contributed by atoms with Gasteiger partial charge in [-0.25, -0.2) is 0 Å². The molecule has 0 amide bonds. The van der Waals surface area contributed by atoms with Crippen LogP contribution in [0.5, 0.6) is 0 Å². The smallest absolute Gasteiger partial charge is 0.0855 e. The molecule has 1 nitrogen and oxygen atoms in total. The Kier molecular flexibility index (Phi) is 2.94. The maximum absolute atomic E-state index is 6.21. The monoisotopic (exact) mass is 245 g/mol. The van der Waals surface area contributed by atoms with Crippen molar-refractivity contribution in [3.05, 3.63) is 77.0 Å². The summed E-state index contributed by atoms with van der Waals surface area (Å²) in [6.45, 7) is 2.82. The maximum atomic E-state index is 6.21. The molecular formula is C17H16BN. The second kappa shape index (κ2) is 4.62. The van der Waals surface area contributed by atoms with Crippen molar-refractivity contribution in [2.45, 2.75) is 18.8 Å². The highest BCUT2D eigenvalue weighted by Crippen LogP contribution is 2.31. The van der Waals surface area contributed by atoms with E-state index in [1.807, 2.05) is 19.1 Å². The predicted molar refractivity (Wildman–Crippen MR) is 81.7 cm³/mol. The van der Waals surface area contributed by atoms with E-state index in [9.17, 15) is 0 Å². The van der Waals surface area contributed by atoms with Crippen molar-refractivity contribution in [2.75, 3.05) is 0 Å². The highest BCUT2D eigenvalue weighted by atomic mass is 14.9. The number of fused-ring (bicyclic) bond motifs is 2. The summed E-state index contributed by atoms with van der Waals surface area (Å²) >= 11 is 0. The Labute approximate surface area is 115 Å². The highest BCUT2D eigenvalue weighted by Gasteiger charge is 2.16. The van der Waals surface area contributed by atoms with Crippen molar-refractivity contribution >= 4 is 13.9 Å². The van der Waals surface area contributed by atoms with Gasteiger partial charge in [-0.15, -0.1) is 0 Å². The summed E-state index contributed by atoms with van der Waals surface area (Å²) < 4.78 is 0. The Morgan fingerprint density at radius 1 is 1.21 bits per heavy atom. The minimum Gasteiger partial charge on any atom is -0.381 e. The minimum atomic E-state index is -0.410. The van der Waals surface area contributed by atoms with Gasteiger partial charge >= 0.3 is 0 Å². The van der Waals surface area contributed by atoms with Crippen LogP contribution in [0, 0.1) is 0 Å².